The smallest absolute Gasteiger partial charge is 0.348 e. The molecule has 94 valence electrons. The van der Waals surface area contributed by atoms with Crippen molar-refractivity contribution >= 4 is 35.1 Å². The molecular weight excluding hydrogens is 246 g/mol. The Bertz CT molecular complexity index is 708. The van der Waals surface area contributed by atoms with Crippen molar-refractivity contribution in [1.29, 1.82) is 0 Å². The first-order chi connectivity index (χ1) is 9.17. The van der Waals surface area contributed by atoms with Crippen molar-refractivity contribution in [2.45, 2.75) is 0 Å². The van der Waals surface area contributed by atoms with Gasteiger partial charge in [-0.1, -0.05) is 29.4 Å². The number of aldehydes is 2. The first-order valence-electron chi connectivity index (χ1n) is 5.34. The summed E-state index contributed by atoms with van der Waals surface area (Å²) < 4.78 is 0. The van der Waals surface area contributed by atoms with Crippen LogP contribution < -0.4 is 5.73 Å². The first-order valence-corrected chi connectivity index (χ1v) is 5.34. The lowest BCUT2D eigenvalue weighted by atomic mass is 10.00. The van der Waals surface area contributed by atoms with Crippen LogP contribution in [0.1, 0.15) is 20.7 Å². The summed E-state index contributed by atoms with van der Waals surface area (Å²) in [5.74, 6) is 0. The molecule has 0 spiro atoms. The van der Waals surface area contributed by atoms with Crippen molar-refractivity contribution in [3.8, 4) is 0 Å². The average Bonchev–Trinajstić information content (AvgIpc) is 2.43. The van der Waals surface area contributed by atoms with Gasteiger partial charge in [0.1, 0.15) is 5.69 Å². The molecule has 2 rings (SSSR count). The summed E-state index contributed by atoms with van der Waals surface area (Å²) >= 11 is 0. The highest BCUT2D eigenvalue weighted by molar-refractivity contribution is 6.08. The lowest BCUT2D eigenvalue weighted by Gasteiger charge is -2.06. The molecule has 0 aliphatic rings. The number of urea groups is 1. The zero-order valence-electron chi connectivity index (χ0n) is 9.74. The molecule has 0 bridgehead atoms. The van der Waals surface area contributed by atoms with Gasteiger partial charge >= 0.3 is 6.03 Å². The van der Waals surface area contributed by atoms with Crippen LogP contribution in [0, 0.1) is 0 Å². The minimum Gasteiger partial charge on any atom is -0.348 e. The standard InChI is InChI=1S/C13H9N3O3/c14-13(19)16-15-12-9(7-18)5-8(6-17)10-3-1-2-4-11(10)12/h1-7H,(H2,14,19)/b16-15+. The monoisotopic (exact) mass is 255 g/mol. The maximum atomic E-state index is 11.1. The Kier molecular flexibility index (Phi) is 3.42. The van der Waals surface area contributed by atoms with E-state index in [0.29, 0.717) is 28.9 Å². The summed E-state index contributed by atoms with van der Waals surface area (Å²) in [6.45, 7) is 0. The van der Waals surface area contributed by atoms with E-state index >= 15 is 0 Å². The maximum absolute atomic E-state index is 11.1. The van der Waals surface area contributed by atoms with Crippen molar-refractivity contribution in [3.63, 3.8) is 0 Å². The fourth-order valence-electron chi connectivity index (χ4n) is 1.81. The molecule has 0 unspecified atom stereocenters. The molecule has 0 aliphatic carbocycles. The van der Waals surface area contributed by atoms with Crippen LogP contribution in [0.2, 0.25) is 0 Å². The molecule has 6 heteroatoms. The van der Waals surface area contributed by atoms with E-state index in [4.69, 9.17) is 5.73 Å². The fourth-order valence-corrected chi connectivity index (χ4v) is 1.81. The molecule has 19 heavy (non-hydrogen) atoms. The number of rotatable bonds is 3. The number of primary amides is 1. The van der Waals surface area contributed by atoms with E-state index in [1.807, 2.05) is 0 Å². The molecule has 0 aromatic heterocycles. The molecule has 2 amide bonds. The molecule has 0 saturated heterocycles. The number of nitrogens with two attached hydrogens (primary N) is 1. The van der Waals surface area contributed by atoms with Crippen LogP contribution in [0.3, 0.4) is 0 Å². The van der Waals surface area contributed by atoms with Crippen LogP contribution >= 0.6 is 0 Å². The zero-order chi connectivity index (χ0) is 13.8. The van der Waals surface area contributed by atoms with E-state index < -0.39 is 6.03 Å². The Hall–Kier alpha value is -2.89. The van der Waals surface area contributed by atoms with Crippen LogP contribution in [0.5, 0.6) is 0 Å². The minimum atomic E-state index is -0.958. The zero-order valence-corrected chi connectivity index (χ0v) is 9.74. The van der Waals surface area contributed by atoms with Crippen LogP contribution in [0.4, 0.5) is 10.5 Å². The molecule has 2 aromatic rings. The Morgan fingerprint density at radius 3 is 2.26 bits per heavy atom. The third kappa shape index (κ3) is 2.37. The van der Waals surface area contributed by atoms with Gasteiger partial charge < -0.3 is 5.73 Å². The predicted octanol–water partition coefficient (Wildman–Crippen LogP) is 2.63. The molecule has 0 atom stereocenters. The molecule has 2 aromatic carbocycles. The van der Waals surface area contributed by atoms with Crippen LogP contribution in [0.25, 0.3) is 10.8 Å². The van der Waals surface area contributed by atoms with Crippen molar-refractivity contribution in [3.05, 3.63) is 41.5 Å². The third-order valence-electron chi connectivity index (χ3n) is 2.58. The van der Waals surface area contributed by atoms with E-state index in [1.54, 1.807) is 24.3 Å². The lowest BCUT2D eigenvalue weighted by Crippen LogP contribution is -2.02. The highest BCUT2D eigenvalue weighted by Crippen LogP contribution is 2.31. The van der Waals surface area contributed by atoms with Gasteiger partial charge in [0.25, 0.3) is 0 Å². The van der Waals surface area contributed by atoms with E-state index in [-0.39, 0.29) is 11.3 Å². The van der Waals surface area contributed by atoms with E-state index in [2.05, 4.69) is 10.2 Å². The van der Waals surface area contributed by atoms with Crippen LogP contribution in [-0.2, 0) is 0 Å². The third-order valence-corrected chi connectivity index (χ3v) is 2.58. The van der Waals surface area contributed by atoms with Gasteiger partial charge in [-0.2, -0.15) is 0 Å². The molecule has 2 N–H and O–H groups in total. The van der Waals surface area contributed by atoms with Crippen LogP contribution in [0.15, 0.2) is 40.6 Å². The Morgan fingerprint density at radius 2 is 1.68 bits per heavy atom. The second-order valence-electron chi connectivity index (χ2n) is 3.72. The van der Waals surface area contributed by atoms with E-state index in [9.17, 15) is 14.4 Å². The molecule has 0 heterocycles. The van der Waals surface area contributed by atoms with E-state index in [0.717, 1.165) is 0 Å². The van der Waals surface area contributed by atoms with Gasteiger partial charge in [0.15, 0.2) is 12.6 Å². The average molecular weight is 255 g/mol. The van der Waals surface area contributed by atoms with E-state index in [1.165, 1.54) is 6.07 Å². The molecule has 0 saturated carbocycles. The summed E-state index contributed by atoms with van der Waals surface area (Å²) in [6, 6.07) is 7.33. The Balaban J connectivity index is 2.83. The summed E-state index contributed by atoms with van der Waals surface area (Å²) in [5.41, 5.74) is 5.65. The summed E-state index contributed by atoms with van der Waals surface area (Å²) in [4.78, 5) is 32.7. The minimum absolute atomic E-state index is 0.172. The first kappa shape index (κ1) is 12.6. The number of azo groups is 1. The van der Waals surface area contributed by atoms with Gasteiger partial charge in [-0.05, 0) is 11.5 Å². The molecule has 6 nitrogen and oxygen atoms in total. The number of benzene rings is 2. The second kappa shape index (κ2) is 5.18. The van der Waals surface area contributed by atoms with Gasteiger partial charge in [-0.15, -0.1) is 5.11 Å². The van der Waals surface area contributed by atoms with Crippen molar-refractivity contribution in [1.82, 2.24) is 0 Å². The quantitative estimate of drug-likeness (QED) is 0.673. The molecule has 0 radical (unpaired) electrons. The molecular formula is C13H9N3O3. The highest BCUT2D eigenvalue weighted by Gasteiger charge is 2.11. The second-order valence-corrected chi connectivity index (χ2v) is 3.72. The number of amides is 2. The Morgan fingerprint density at radius 1 is 1.05 bits per heavy atom. The van der Waals surface area contributed by atoms with Crippen molar-refractivity contribution in [2.24, 2.45) is 16.0 Å². The predicted molar refractivity (Wildman–Crippen MR) is 68.8 cm³/mol. The lowest BCUT2D eigenvalue weighted by molar-refractivity contribution is 0.112. The normalized spacial score (nSPS) is 10.7. The van der Waals surface area contributed by atoms with Gasteiger partial charge in [0.05, 0.1) is 0 Å². The van der Waals surface area contributed by atoms with Gasteiger partial charge in [-0.3, -0.25) is 9.59 Å². The van der Waals surface area contributed by atoms with Gasteiger partial charge in [0.2, 0.25) is 0 Å². The SMILES string of the molecule is NC(=O)/N=N/c1c(C=O)cc(C=O)c2ccccc12. The van der Waals surface area contributed by atoms with Gasteiger partial charge in [-0.25, -0.2) is 4.79 Å². The summed E-state index contributed by atoms with van der Waals surface area (Å²) in [5, 5.41) is 8.09. The number of hydrogen-bond donors (Lipinski definition) is 1. The largest absolute Gasteiger partial charge is 0.356 e. The number of carbonyl (C=O) groups is 3. The van der Waals surface area contributed by atoms with Crippen LogP contribution in [-0.4, -0.2) is 18.6 Å². The van der Waals surface area contributed by atoms with Crippen molar-refractivity contribution in [2.75, 3.05) is 0 Å². The molecule has 0 aliphatic heterocycles. The summed E-state index contributed by atoms with van der Waals surface area (Å²) in [6.07, 6.45) is 1.21. The number of nitrogens with zero attached hydrogens (tertiary/aromatic N) is 2. The highest BCUT2D eigenvalue weighted by atomic mass is 16.2. The number of fused-ring (bicyclic) bond motifs is 1. The Labute approximate surface area is 107 Å². The number of carbonyl (C=O) groups excluding carboxylic acids is 3. The number of hydrogen-bond acceptors (Lipinski definition) is 4. The maximum Gasteiger partial charge on any atom is 0.356 e. The molecule has 0 fully saturated rings. The fraction of sp³-hybridized carbons (Fsp3) is 0. The van der Waals surface area contributed by atoms with Crippen molar-refractivity contribution < 1.29 is 14.4 Å². The van der Waals surface area contributed by atoms with Gasteiger partial charge in [0, 0.05) is 16.5 Å². The summed E-state index contributed by atoms with van der Waals surface area (Å²) in [7, 11) is 0. The topological polar surface area (TPSA) is 102 Å².